The van der Waals surface area contributed by atoms with Crippen LogP contribution >= 0.6 is 23.2 Å². The smallest absolute Gasteiger partial charge is 0.0639 e. The second-order valence-corrected chi connectivity index (χ2v) is 5.03. The second kappa shape index (κ2) is 7.19. The first-order chi connectivity index (χ1) is 8.02. The molecule has 0 aliphatic rings. The zero-order valence-electron chi connectivity index (χ0n) is 10.0. The van der Waals surface area contributed by atoms with Gasteiger partial charge in [-0.15, -0.1) is 0 Å². The largest absolute Gasteiger partial charge is 0.377 e. The third-order valence-electron chi connectivity index (χ3n) is 2.35. The molecule has 0 amide bonds. The number of rotatable bonds is 6. The molecule has 0 aliphatic carbocycles. The summed E-state index contributed by atoms with van der Waals surface area (Å²) in [4.78, 5) is 0. The van der Waals surface area contributed by atoms with E-state index in [1.807, 2.05) is 26.0 Å². The molecule has 0 fully saturated rings. The predicted molar refractivity (Wildman–Crippen MR) is 72.4 cm³/mol. The van der Waals surface area contributed by atoms with Crippen molar-refractivity contribution in [1.29, 1.82) is 0 Å². The van der Waals surface area contributed by atoms with Crippen LogP contribution in [0.5, 0.6) is 0 Å². The Hall–Kier alpha value is -0.320. The molecule has 3 N–H and O–H groups in total. The van der Waals surface area contributed by atoms with Gasteiger partial charge < -0.3 is 4.74 Å². The van der Waals surface area contributed by atoms with Crippen molar-refractivity contribution in [2.45, 2.75) is 32.4 Å². The van der Waals surface area contributed by atoms with Crippen LogP contribution in [-0.2, 0) is 11.2 Å². The standard InChI is InChI=1S/C12H18Cl2N2O/c1-8(2)17-7-11(16-15)5-9-3-4-10(13)6-12(9)14/h3-4,6,8,11,16H,5,7,15H2,1-2H3. The summed E-state index contributed by atoms with van der Waals surface area (Å²) in [6.07, 6.45) is 0.894. The van der Waals surface area contributed by atoms with Crippen molar-refractivity contribution < 1.29 is 4.74 Å². The van der Waals surface area contributed by atoms with Crippen LogP contribution in [0.3, 0.4) is 0 Å². The molecule has 0 heterocycles. The average Bonchev–Trinajstić information content (AvgIpc) is 2.26. The number of hydrogen-bond acceptors (Lipinski definition) is 3. The Labute approximate surface area is 112 Å². The number of benzene rings is 1. The number of halogens is 2. The topological polar surface area (TPSA) is 47.3 Å². The zero-order chi connectivity index (χ0) is 12.8. The van der Waals surface area contributed by atoms with Gasteiger partial charge in [0.05, 0.1) is 12.7 Å². The van der Waals surface area contributed by atoms with Gasteiger partial charge in [-0.05, 0) is 38.0 Å². The van der Waals surface area contributed by atoms with Gasteiger partial charge in [-0.1, -0.05) is 29.3 Å². The van der Waals surface area contributed by atoms with E-state index in [1.54, 1.807) is 6.07 Å². The summed E-state index contributed by atoms with van der Waals surface area (Å²) in [6, 6.07) is 5.50. The molecule has 3 nitrogen and oxygen atoms in total. The molecule has 0 bridgehead atoms. The molecule has 1 unspecified atom stereocenters. The Kier molecular flexibility index (Phi) is 6.23. The van der Waals surface area contributed by atoms with Crippen LogP contribution in [0.15, 0.2) is 18.2 Å². The van der Waals surface area contributed by atoms with Gasteiger partial charge in [0.1, 0.15) is 0 Å². The summed E-state index contributed by atoms with van der Waals surface area (Å²) in [5.41, 5.74) is 3.74. The quantitative estimate of drug-likeness (QED) is 0.621. The van der Waals surface area contributed by atoms with E-state index in [-0.39, 0.29) is 12.1 Å². The van der Waals surface area contributed by atoms with E-state index in [9.17, 15) is 0 Å². The third kappa shape index (κ3) is 5.23. The third-order valence-corrected chi connectivity index (χ3v) is 2.93. The van der Waals surface area contributed by atoms with Crippen molar-refractivity contribution in [3.63, 3.8) is 0 Å². The molecule has 1 aromatic carbocycles. The Morgan fingerprint density at radius 2 is 2.06 bits per heavy atom. The number of nitrogens with one attached hydrogen (secondary N) is 1. The first-order valence-corrected chi connectivity index (χ1v) is 6.30. The van der Waals surface area contributed by atoms with Gasteiger partial charge in [0.2, 0.25) is 0 Å². The molecular weight excluding hydrogens is 259 g/mol. The van der Waals surface area contributed by atoms with Crippen LogP contribution in [-0.4, -0.2) is 18.8 Å². The van der Waals surface area contributed by atoms with Gasteiger partial charge in [-0.2, -0.15) is 0 Å². The maximum Gasteiger partial charge on any atom is 0.0639 e. The van der Waals surface area contributed by atoms with E-state index in [1.165, 1.54) is 0 Å². The highest BCUT2D eigenvalue weighted by atomic mass is 35.5. The number of nitrogens with two attached hydrogens (primary N) is 1. The van der Waals surface area contributed by atoms with Gasteiger partial charge >= 0.3 is 0 Å². The molecule has 0 radical (unpaired) electrons. The fraction of sp³-hybridized carbons (Fsp3) is 0.500. The first-order valence-electron chi connectivity index (χ1n) is 5.54. The lowest BCUT2D eigenvalue weighted by molar-refractivity contribution is 0.0613. The van der Waals surface area contributed by atoms with E-state index in [0.29, 0.717) is 23.1 Å². The molecule has 0 aromatic heterocycles. The lowest BCUT2D eigenvalue weighted by atomic mass is 10.1. The monoisotopic (exact) mass is 276 g/mol. The van der Waals surface area contributed by atoms with Crippen molar-refractivity contribution in [3.8, 4) is 0 Å². The maximum atomic E-state index is 6.10. The lowest BCUT2D eigenvalue weighted by Crippen LogP contribution is -2.40. The van der Waals surface area contributed by atoms with E-state index in [0.717, 1.165) is 5.56 Å². The maximum absolute atomic E-state index is 6.10. The molecule has 17 heavy (non-hydrogen) atoms. The van der Waals surface area contributed by atoms with Crippen molar-refractivity contribution in [3.05, 3.63) is 33.8 Å². The van der Waals surface area contributed by atoms with Crippen molar-refractivity contribution >= 4 is 23.2 Å². The van der Waals surface area contributed by atoms with Gasteiger partial charge in [0.15, 0.2) is 0 Å². The average molecular weight is 277 g/mol. The van der Waals surface area contributed by atoms with Crippen LogP contribution in [0.4, 0.5) is 0 Å². The fourth-order valence-electron chi connectivity index (χ4n) is 1.43. The number of ether oxygens (including phenoxy) is 1. The summed E-state index contributed by atoms with van der Waals surface area (Å²) in [7, 11) is 0. The molecule has 0 saturated carbocycles. The minimum atomic E-state index is 0.0380. The van der Waals surface area contributed by atoms with Crippen LogP contribution in [0.25, 0.3) is 0 Å². The molecule has 96 valence electrons. The van der Waals surface area contributed by atoms with E-state index in [2.05, 4.69) is 5.43 Å². The molecule has 5 heteroatoms. The van der Waals surface area contributed by atoms with Crippen molar-refractivity contribution in [2.24, 2.45) is 5.84 Å². The van der Waals surface area contributed by atoms with Crippen LogP contribution in [0.1, 0.15) is 19.4 Å². The first kappa shape index (κ1) is 14.7. The Morgan fingerprint density at radius 1 is 1.35 bits per heavy atom. The summed E-state index contributed by atoms with van der Waals surface area (Å²) < 4.78 is 5.52. The second-order valence-electron chi connectivity index (χ2n) is 4.19. The molecule has 0 spiro atoms. The van der Waals surface area contributed by atoms with Gasteiger partial charge in [-0.25, -0.2) is 0 Å². The SMILES string of the molecule is CC(C)OCC(Cc1ccc(Cl)cc1Cl)NN. The minimum absolute atomic E-state index is 0.0380. The normalized spacial score (nSPS) is 13.1. The zero-order valence-corrected chi connectivity index (χ0v) is 11.6. The Balaban J connectivity index is 2.60. The van der Waals surface area contributed by atoms with Crippen LogP contribution in [0, 0.1) is 0 Å². The summed E-state index contributed by atoms with van der Waals surface area (Å²) in [5, 5.41) is 1.29. The minimum Gasteiger partial charge on any atom is -0.377 e. The van der Waals surface area contributed by atoms with Gasteiger partial charge in [-0.3, -0.25) is 11.3 Å². The summed E-state index contributed by atoms with van der Waals surface area (Å²) in [5.74, 6) is 5.49. The van der Waals surface area contributed by atoms with Gasteiger partial charge in [0, 0.05) is 16.1 Å². The van der Waals surface area contributed by atoms with E-state index >= 15 is 0 Å². The van der Waals surface area contributed by atoms with E-state index < -0.39 is 0 Å². The van der Waals surface area contributed by atoms with Crippen molar-refractivity contribution in [1.82, 2.24) is 5.43 Å². The molecule has 0 aliphatic heterocycles. The summed E-state index contributed by atoms with van der Waals surface area (Å²) >= 11 is 11.9. The molecular formula is C12H18Cl2N2O. The molecule has 1 atom stereocenters. The lowest BCUT2D eigenvalue weighted by Gasteiger charge is -2.18. The molecule has 0 saturated heterocycles. The van der Waals surface area contributed by atoms with Crippen LogP contribution in [0.2, 0.25) is 10.0 Å². The fourth-order valence-corrected chi connectivity index (χ4v) is 1.91. The Morgan fingerprint density at radius 3 is 2.59 bits per heavy atom. The highest BCUT2D eigenvalue weighted by Gasteiger charge is 2.11. The number of hydrogen-bond donors (Lipinski definition) is 2. The van der Waals surface area contributed by atoms with E-state index in [4.69, 9.17) is 33.8 Å². The van der Waals surface area contributed by atoms with Crippen molar-refractivity contribution in [2.75, 3.05) is 6.61 Å². The van der Waals surface area contributed by atoms with Crippen LogP contribution < -0.4 is 11.3 Å². The van der Waals surface area contributed by atoms with Gasteiger partial charge in [0.25, 0.3) is 0 Å². The summed E-state index contributed by atoms with van der Waals surface area (Å²) in [6.45, 7) is 4.53. The Bertz CT molecular complexity index is 358. The predicted octanol–water partition coefficient (Wildman–Crippen LogP) is 2.79. The highest BCUT2D eigenvalue weighted by Crippen LogP contribution is 2.22. The molecule has 1 aromatic rings. The molecule has 1 rings (SSSR count). The highest BCUT2D eigenvalue weighted by molar-refractivity contribution is 6.35. The number of hydrazine groups is 1.